The third-order valence-corrected chi connectivity index (χ3v) is 8.49. The van der Waals surface area contributed by atoms with Gasteiger partial charge in [0.1, 0.15) is 11.9 Å². The summed E-state index contributed by atoms with van der Waals surface area (Å²) < 4.78 is 6.37. The minimum absolute atomic E-state index is 0.0560. The molecular weight excluding hydrogens is 522 g/mol. The Morgan fingerprint density at radius 1 is 1.02 bits per heavy atom. The molecule has 1 N–H and O–H groups in total. The molecule has 2 aliphatic rings. The van der Waals surface area contributed by atoms with E-state index in [0.717, 1.165) is 55.0 Å². The van der Waals surface area contributed by atoms with Crippen molar-refractivity contribution < 1.29 is 14.3 Å². The molecule has 210 valence electrons. The third-order valence-electron chi connectivity index (χ3n) is 8.24. The van der Waals surface area contributed by atoms with Gasteiger partial charge >= 0.3 is 0 Å². The maximum atomic E-state index is 13.9. The number of rotatable bonds is 7. The standard InChI is InChI=1S/C33H38ClN3O3/c1-4-32(24-17-19-35-20-18-24)40-28-15-9-25(10-16-28)33(39)36-22(2)21-31(29-7-5-6-8-30(29)36)37(23(3)38)27-13-11-26(34)12-14-27/h5-16,22,24,31-32,35H,4,17-21H2,1-3H3. The minimum atomic E-state index is -0.203. The van der Waals surface area contributed by atoms with Gasteiger partial charge in [-0.25, -0.2) is 0 Å². The molecule has 1 saturated heterocycles. The molecule has 3 aromatic carbocycles. The first kappa shape index (κ1) is 28.2. The summed E-state index contributed by atoms with van der Waals surface area (Å²) in [6.07, 6.45) is 4.00. The predicted octanol–water partition coefficient (Wildman–Crippen LogP) is 7.03. The number of halogens is 1. The van der Waals surface area contributed by atoms with Crippen molar-refractivity contribution in [3.05, 3.63) is 88.9 Å². The number of benzene rings is 3. The van der Waals surface area contributed by atoms with Crippen molar-refractivity contribution in [2.45, 2.75) is 64.6 Å². The highest BCUT2D eigenvalue weighted by atomic mass is 35.5. The van der Waals surface area contributed by atoms with Gasteiger partial charge in [-0.1, -0.05) is 36.7 Å². The van der Waals surface area contributed by atoms with Crippen LogP contribution in [0.1, 0.15) is 68.4 Å². The van der Waals surface area contributed by atoms with Gasteiger partial charge in [0.15, 0.2) is 0 Å². The van der Waals surface area contributed by atoms with Crippen molar-refractivity contribution in [2.75, 3.05) is 22.9 Å². The molecule has 1 fully saturated rings. The number of piperidine rings is 1. The van der Waals surface area contributed by atoms with Crippen LogP contribution >= 0.6 is 11.6 Å². The van der Waals surface area contributed by atoms with Gasteiger partial charge in [-0.15, -0.1) is 0 Å². The number of hydrogen-bond donors (Lipinski definition) is 1. The maximum absolute atomic E-state index is 13.9. The van der Waals surface area contributed by atoms with Gasteiger partial charge in [0.25, 0.3) is 5.91 Å². The molecule has 3 aromatic rings. The Morgan fingerprint density at radius 3 is 2.35 bits per heavy atom. The van der Waals surface area contributed by atoms with Gasteiger partial charge in [-0.05, 0) is 112 Å². The number of nitrogens with one attached hydrogen (secondary N) is 1. The minimum Gasteiger partial charge on any atom is -0.490 e. The first-order valence-electron chi connectivity index (χ1n) is 14.3. The molecule has 5 rings (SSSR count). The van der Waals surface area contributed by atoms with Crippen LogP contribution in [0, 0.1) is 5.92 Å². The largest absolute Gasteiger partial charge is 0.490 e. The van der Waals surface area contributed by atoms with Crippen molar-refractivity contribution in [3.8, 4) is 5.75 Å². The summed E-state index contributed by atoms with van der Waals surface area (Å²) in [4.78, 5) is 30.5. The lowest BCUT2D eigenvalue weighted by atomic mass is 9.89. The Bertz CT molecular complexity index is 1320. The van der Waals surface area contributed by atoms with Crippen molar-refractivity contribution in [1.29, 1.82) is 0 Å². The average molecular weight is 560 g/mol. The molecule has 2 amide bonds. The Labute approximate surface area is 242 Å². The van der Waals surface area contributed by atoms with Crippen LogP contribution in [-0.4, -0.2) is 37.0 Å². The van der Waals surface area contributed by atoms with E-state index in [1.54, 1.807) is 19.1 Å². The topological polar surface area (TPSA) is 61.9 Å². The van der Waals surface area contributed by atoms with E-state index >= 15 is 0 Å². The highest BCUT2D eigenvalue weighted by Crippen LogP contribution is 2.43. The number of ether oxygens (including phenoxy) is 1. The summed E-state index contributed by atoms with van der Waals surface area (Å²) in [6, 6.07) is 22.4. The normalized spacial score (nSPS) is 19.9. The van der Waals surface area contributed by atoms with E-state index in [0.29, 0.717) is 22.9 Å². The number of carbonyl (C=O) groups is 2. The second kappa shape index (κ2) is 12.4. The van der Waals surface area contributed by atoms with Crippen LogP contribution in [0.25, 0.3) is 0 Å². The number of nitrogens with zero attached hydrogens (tertiary/aromatic N) is 2. The highest BCUT2D eigenvalue weighted by Gasteiger charge is 2.38. The van der Waals surface area contributed by atoms with Crippen LogP contribution in [0.3, 0.4) is 0 Å². The Balaban J connectivity index is 1.38. The van der Waals surface area contributed by atoms with E-state index in [2.05, 4.69) is 12.2 Å². The summed E-state index contributed by atoms with van der Waals surface area (Å²) in [5, 5.41) is 4.04. The van der Waals surface area contributed by atoms with Crippen LogP contribution in [0.4, 0.5) is 11.4 Å². The van der Waals surface area contributed by atoms with Gasteiger partial charge in [-0.3, -0.25) is 9.59 Å². The molecule has 2 aliphatic heterocycles. The number of hydrogen-bond acceptors (Lipinski definition) is 4. The fourth-order valence-electron chi connectivity index (χ4n) is 6.24. The van der Waals surface area contributed by atoms with Gasteiger partial charge < -0.3 is 19.9 Å². The molecule has 6 nitrogen and oxygen atoms in total. The number of amides is 2. The van der Waals surface area contributed by atoms with Crippen LogP contribution in [0.2, 0.25) is 5.02 Å². The van der Waals surface area contributed by atoms with Crippen molar-refractivity contribution in [2.24, 2.45) is 5.92 Å². The van der Waals surface area contributed by atoms with Gasteiger partial charge in [0, 0.05) is 34.9 Å². The molecule has 3 atom stereocenters. The lowest BCUT2D eigenvalue weighted by Gasteiger charge is -2.43. The fourth-order valence-corrected chi connectivity index (χ4v) is 6.36. The zero-order valence-electron chi connectivity index (χ0n) is 23.5. The molecule has 2 heterocycles. The molecule has 0 aliphatic carbocycles. The van der Waals surface area contributed by atoms with E-state index in [1.807, 2.05) is 77.4 Å². The SMILES string of the molecule is CCC(Oc1ccc(C(=O)N2c3ccccc3C(N(C(C)=O)c3ccc(Cl)cc3)CC2C)cc1)C1CCNCC1. The second-order valence-electron chi connectivity index (χ2n) is 10.9. The summed E-state index contributed by atoms with van der Waals surface area (Å²) in [6.45, 7) is 7.88. The average Bonchev–Trinajstić information content (AvgIpc) is 2.97. The summed E-state index contributed by atoms with van der Waals surface area (Å²) >= 11 is 6.12. The van der Waals surface area contributed by atoms with E-state index < -0.39 is 0 Å². The molecule has 0 bridgehead atoms. The quantitative estimate of drug-likeness (QED) is 0.337. The molecule has 7 heteroatoms. The van der Waals surface area contributed by atoms with Gasteiger partial charge in [-0.2, -0.15) is 0 Å². The van der Waals surface area contributed by atoms with Crippen molar-refractivity contribution >= 4 is 34.8 Å². The molecule has 0 spiro atoms. The summed E-state index contributed by atoms with van der Waals surface area (Å²) in [7, 11) is 0. The van der Waals surface area contributed by atoms with Crippen LogP contribution in [0.5, 0.6) is 5.75 Å². The maximum Gasteiger partial charge on any atom is 0.258 e. The van der Waals surface area contributed by atoms with E-state index in [4.69, 9.17) is 16.3 Å². The molecule has 0 aromatic heterocycles. The zero-order chi connectivity index (χ0) is 28.2. The number of fused-ring (bicyclic) bond motifs is 1. The first-order chi connectivity index (χ1) is 19.4. The smallest absolute Gasteiger partial charge is 0.258 e. The molecule has 3 unspecified atom stereocenters. The first-order valence-corrected chi connectivity index (χ1v) is 14.7. The number of anilines is 2. The van der Waals surface area contributed by atoms with Crippen LogP contribution < -0.4 is 19.9 Å². The Morgan fingerprint density at radius 2 is 1.70 bits per heavy atom. The van der Waals surface area contributed by atoms with Gasteiger partial charge in [0.2, 0.25) is 5.91 Å². The number of para-hydroxylation sites is 1. The second-order valence-corrected chi connectivity index (χ2v) is 11.3. The summed E-state index contributed by atoms with van der Waals surface area (Å²) in [5.41, 5.74) is 3.18. The summed E-state index contributed by atoms with van der Waals surface area (Å²) in [5.74, 6) is 1.23. The van der Waals surface area contributed by atoms with Crippen molar-refractivity contribution in [1.82, 2.24) is 5.32 Å². The Hall–Kier alpha value is -3.35. The van der Waals surface area contributed by atoms with Crippen LogP contribution in [-0.2, 0) is 4.79 Å². The van der Waals surface area contributed by atoms with E-state index in [-0.39, 0.29) is 30.0 Å². The molecular formula is C33H38ClN3O3. The van der Waals surface area contributed by atoms with Crippen molar-refractivity contribution in [3.63, 3.8) is 0 Å². The predicted molar refractivity (Wildman–Crippen MR) is 161 cm³/mol. The molecule has 0 saturated carbocycles. The third kappa shape index (κ3) is 5.89. The highest BCUT2D eigenvalue weighted by molar-refractivity contribution is 6.30. The Kier molecular flexibility index (Phi) is 8.77. The lowest BCUT2D eigenvalue weighted by Crippen LogP contribution is -2.47. The van der Waals surface area contributed by atoms with Gasteiger partial charge in [0.05, 0.1) is 6.04 Å². The molecule has 40 heavy (non-hydrogen) atoms. The van der Waals surface area contributed by atoms with E-state index in [1.165, 1.54) is 0 Å². The molecule has 0 radical (unpaired) electrons. The van der Waals surface area contributed by atoms with Crippen LogP contribution in [0.15, 0.2) is 72.8 Å². The number of carbonyl (C=O) groups excluding carboxylic acids is 2. The monoisotopic (exact) mass is 559 g/mol. The van der Waals surface area contributed by atoms with E-state index in [9.17, 15) is 9.59 Å². The lowest BCUT2D eigenvalue weighted by molar-refractivity contribution is -0.117. The fraction of sp³-hybridized carbons (Fsp3) is 0.394. The zero-order valence-corrected chi connectivity index (χ0v) is 24.2.